The average Bonchev–Trinajstić information content (AvgIpc) is 2.88. The molecule has 1 saturated carbocycles. The number of nitrogens with zero attached hydrogens (tertiary/aromatic N) is 1. The molecule has 3 heteroatoms. The summed E-state index contributed by atoms with van der Waals surface area (Å²) in [6.07, 6.45) is 8.76. The van der Waals surface area contributed by atoms with E-state index in [-0.39, 0.29) is 0 Å². The van der Waals surface area contributed by atoms with Crippen LogP contribution < -0.4 is 5.32 Å². The minimum absolute atomic E-state index is 0.736. The highest BCUT2D eigenvalue weighted by Gasteiger charge is 2.25. The number of aromatic nitrogens is 1. The molecule has 1 aliphatic carbocycles. The van der Waals surface area contributed by atoms with Gasteiger partial charge in [0.15, 0.2) is 0 Å². The van der Waals surface area contributed by atoms with E-state index in [0.717, 1.165) is 30.8 Å². The SMILES string of the molecule is CCCNCc1cnc(C2CCC(C(C)C)CC2)s1. The van der Waals surface area contributed by atoms with Gasteiger partial charge in [-0.25, -0.2) is 4.98 Å². The van der Waals surface area contributed by atoms with Crippen LogP contribution in [-0.4, -0.2) is 11.5 Å². The van der Waals surface area contributed by atoms with E-state index in [1.165, 1.54) is 42.0 Å². The van der Waals surface area contributed by atoms with E-state index in [1.54, 1.807) is 0 Å². The molecule has 0 spiro atoms. The summed E-state index contributed by atoms with van der Waals surface area (Å²) >= 11 is 1.93. The zero-order valence-corrected chi connectivity index (χ0v) is 13.4. The molecule has 2 nitrogen and oxygen atoms in total. The van der Waals surface area contributed by atoms with Gasteiger partial charge in [0.25, 0.3) is 0 Å². The third kappa shape index (κ3) is 4.28. The van der Waals surface area contributed by atoms with E-state index in [4.69, 9.17) is 0 Å². The Bertz CT molecular complexity index is 365. The zero-order chi connectivity index (χ0) is 13.7. The van der Waals surface area contributed by atoms with Crippen LogP contribution in [0.2, 0.25) is 0 Å². The van der Waals surface area contributed by atoms with Crippen LogP contribution in [0.3, 0.4) is 0 Å². The molecule has 0 aromatic carbocycles. The summed E-state index contributed by atoms with van der Waals surface area (Å²) in [4.78, 5) is 6.06. The van der Waals surface area contributed by atoms with Gasteiger partial charge in [-0.05, 0) is 50.5 Å². The number of hydrogen-bond acceptors (Lipinski definition) is 3. The van der Waals surface area contributed by atoms with E-state index in [9.17, 15) is 0 Å². The Balaban J connectivity index is 1.82. The predicted molar refractivity (Wildman–Crippen MR) is 83.6 cm³/mol. The third-order valence-corrected chi connectivity index (χ3v) is 5.52. The van der Waals surface area contributed by atoms with Crippen LogP contribution in [0.4, 0.5) is 0 Å². The van der Waals surface area contributed by atoms with Crippen molar-refractivity contribution in [3.8, 4) is 0 Å². The molecule has 1 aliphatic rings. The van der Waals surface area contributed by atoms with Crippen molar-refractivity contribution in [3.63, 3.8) is 0 Å². The van der Waals surface area contributed by atoms with E-state index >= 15 is 0 Å². The molecular weight excluding hydrogens is 252 g/mol. The first-order valence-electron chi connectivity index (χ1n) is 7.86. The normalized spacial score (nSPS) is 24.0. The molecule has 0 aliphatic heterocycles. The van der Waals surface area contributed by atoms with Crippen molar-refractivity contribution < 1.29 is 0 Å². The summed E-state index contributed by atoms with van der Waals surface area (Å²) in [6, 6.07) is 0. The molecule has 0 radical (unpaired) electrons. The zero-order valence-electron chi connectivity index (χ0n) is 12.6. The molecule has 1 N–H and O–H groups in total. The number of thiazole rings is 1. The summed E-state index contributed by atoms with van der Waals surface area (Å²) in [6.45, 7) is 9.04. The van der Waals surface area contributed by atoms with Gasteiger partial charge in [0, 0.05) is 23.5 Å². The molecule has 108 valence electrons. The Morgan fingerprint density at radius 1 is 1.32 bits per heavy atom. The molecule has 0 saturated heterocycles. The Kier molecular flexibility index (Phi) is 5.83. The van der Waals surface area contributed by atoms with Gasteiger partial charge in [0.1, 0.15) is 0 Å². The van der Waals surface area contributed by atoms with Crippen molar-refractivity contribution in [2.24, 2.45) is 11.8 Å². The van der Waals surface area contributed by atoms with Gasteiger partial charge >= 0.3 is 0 Å². The fraction of sp³-hybridized carbons (Fsp3) is 0.812. The fourth-order valence-corrected chi connectivity index (χ4v) is 4.07. The lowest BCUT2D eigenvalue weighted by Gasteiger charge is -2.29. The molecule has 1 fully saturated rings. The lowest BCUT2D eigenvalue weighted by atomic mass is 9.77. The standard InChI is InChI=1S/C16H28N2S/c1-4-9-17-10-15-11-18-16(19-15)14-7-5-13(6-8-14)12(2)3/h11-14,17H,4-10H2,1-3H3. The van der Waals surface area contributed by atoms with Gasteiger partial charge in [0.2, 0.25) is 0 Å². The maximum atomic E-state index is 4.67. The van der Waals surface area contributed by atoms with Crippen molar-refractivity contribution >= 4 is 11.3 Å². The Morgan fingerprint density at radius 2 is 2.05 bits per heavy atom. The molecule has 1 aromatic rings. The monoisotopic (exact) mass is 280 g/mol. The molecule has 2 rings (SSSR count). The summed E-state index contributed by atoms with van der Waals surface area (Å²) in [7, 11) is 0. The molecule has 19 heavy (non-hydrogen) atoms. The minimum Gasteiger partial charge on any atom is -0.312 e. The Labute approximate surface area is 122 Å². The number of nitrogens with one attached hydrogen (secondary N) is 1. The number of hydrogen-bond donors (Lipinski definition) is 1. The lowest BCUT2D eigenvalue weighted by molar-refractivity contribution is 0.258. The predicted octanol–water partition coefficient (Wildman–Crippen LogP) is 4.57. The van der Waals surface area contributed by atoms with Crippen LogP contribution in [0.15, 0.2) is 6.20 Å². The Morgan fingerprint density at radius 3 is 2.68 bits per heavy atom. The van der Waals surface area contributed by atoms with Gasteiger partial charge in [-0.2, -0.15) is 0 Å². The van der Waals surface area contributed by atoms with Crippen LogP contribution in [0.1, 0.15) is 68.7 Å². The fourth-order valence-electron chi connectivity index (χ4n) is 3.01. The molecule has 0 amide bonds. The van der Waals surface area contributed by atoms with Crippen LogP contribution in [0, 0.1) is 11.8 Å². The van der Waals surface area contributed by atoms with Crippen molar-refractivity contribution in [3.05, 3.63) is 16.1 Å². The average molecular weight is 280 g/mol. The molecule has 0 unspecified atom stereocenters. The van der Waals surface area contributed by atoms with Crippen molar-refractivity contribution in [2.45, 2.75) is 65.3 Å². The molecule has 1 aromatic heterocycles. The van der Waals surface area contributed by atoms with Gasteiger partial charge < -0.3 is 5.32 Å². The quantitative estimate of drug-likeness (QED) is 0.772. The summed E-state index contributed by atoms with van der Waals surface area (Å²) in [5, 5.41) is 4.84. The van der Waals surface area contributed by atoms with Crippen molar-refractivity contribution in [1.29, 1.82) is 0 Å². The molecule has 0 atom stereocenters. The first kappa shape index (κ1) is 15.0. The maximum absolute atomic E-state index is 4.67. The van der Waals surface area contributed by atoms with Gasteiger partial charge in [-0.1, -0.05) is 20.8 Å². The van der Waals surface area contributed by atoms with E-state index in [2.05, 4.69) is 37.3 Å². The molecular formula is C16H28N2S. The van der Waals surface area contributed by atoms with Crippen LogP contribution in [0.25, 0.3) is 0 Å². The maximum Gasteiger partial charge on any atom is 0.0959 e. The van der Waals surface area contributed by atoms with Gasteiger partial charge in [-0.15, -0.1) is 11.3 Å². The first-order valence-corrected chi connectivity index (χ1v) is 8.67. The van der Waals surface area contributed by atoms with Crippen LogP contribution in [0.5, 0.6) is 0 Å². The van der Waals surface area contributed by atoms with E-state index in [1.807, 2.05) is 11.3 Å². The highest BCUT2D eigenvalue weighted by atomic mass is 32.1. The number of rotatable bonds is 6. The largest absolute Gasteiger partial charge is 0.312 e. The first-order chi connectivity index (χ1) is 9.20. The van der Waals surface area contributed by atoms with E-state index < -0.39 is 0 Å². The second-order valence-corrected chi connectivity index (χ2v) is 7.34. The lowest BCUT2D eigenvalue weighted by Crippen LogP contribution is -2.17. The molecule has 0 bridgehead atoms. The smallest absolute Gasteiger partial charge is 0.0959 e. The van der Waals surface area contributed by atoms with Crippen molar-refractivity contribution in [2.75, 3.05) is 6.54 Å². The van der Waals surface area contributed by atoms with Gasteiger partial charge in [-0.3, -0.25) is 0 Å². The third-order valence-electron chi connectivity index (χ3n) is 4.36. The van der Waals surface area contributed by atoms with Gasteiger partial charge in [0.05, 0.1) is 5.01 Å². The highest BCUT2D eigenvalue weighted by molar-refractivity contribution is 7.11. The second kappa shape index (κ2) is 7.39. The van der Waals surface area contributed by atoms with Crippen LogP contribution in [-0.2, 0) is 6.54 Å². The highest BCUT2D eigenvalue weighted by Crippen LogP contribution is 2.39. The Hall–Kier alpha value is -0.410. The van der Waals surface area contributed by atoms with Crippen molar-refractivity contribution in [1.82, 2.24) is 10.3 Å². The van der Waals surface area contributed by atoms with E-state index in [0.29, 0.717) is 0 Å². The summed E-state index contributed by atoms with van der Waals surface area (Å²) in [5.74, 6) is 2.54. The topological polar surface area (TPSA) is 24.9 Å². The molecule has 1 heterocycles. The summed E-state index contributed by atoms with van der Waals surface area (Å²) < 4.78 is 0. The second-order valence-electron chi connectivity index (χ2n) is 6.20. The van der Waals surface area contributed by atoms with Crippen LogP contribution >= 0.6 is 11.3 Å². The minimum atomic E-state index is 0.736. The summed E-state index contributed by atoms with van der Waals surface area (Å²) in [5.41, 5.74) is 0.